The van der Waals surface area contributed by atoms with Crippen LogP contribution < -0.4 is 5.32 Å². The monoisotopic (exact) mass is 232 g/mol. The van der Waals surface area contributed by atoms with Gasteiger partial charge in [0.25, 0.3) is 5.91 Å². The van der Waals surface area contributed by atoms with E-state index < -0.39 is 5.91 Å². The standard InChI is InChI=1S/C11H12N4O2/c1-15-6-5-12-9(15)7-14-11(17)10-8(16)3-2-4-13-10/h2-6,16H,7H2,1H3,(H,14,17). The Morgan fingerprint density at radius 2 is 2.29 bits per heavy atom. The number of hydrogen-bond donors (Lipinski definition) is 2. The van der Waals surface area contributed by atoms with Gasteiger partial charge in [-0.05, 0) is 12.1 Å². The molecule has 0 atom stereocenters. The zero-order valence-corrected chi connectivity index (χ0v) is 9.29. The van der Waals surface area contributed by atoms with Gasteiger partial charge in [-0.3, -0.25) is 4.79 Å². The van der Waals surface area contributed by atoms with Gasteiger partial charge in [-0.15, -0.1) is 0 Å². The van der Waals surface area contributed by atoms with Crippen LogP contribution in [0.2, 0.25) is 0 Å². The van der Waals surface area contributed by atoms with Crippen LogP contribution in [0.25, 0.3) is 0 Å². The highest BCUT2D eigenvalue weighted by molar-refractivity contribution is 5.94. The molecule has 2 N–H and O–H groups in total. The van der Waals surface area contributed by atoms with E-state index in [9.17, 15) is 9.90 Å². The van der Waals surface area contributed by atoms with Crippen LogP contribution in [0.3, 0.4) is 0 Å². The molecule has 2 aromatic rings. The predicted octanol–water partition coefficient (Wildman–Crippen LogP) is 0.451. The first-order valence-electron chi connectivity index (χ1n) is 5.07. The lowest BCUT2D eigenvalue weighted by atomic mass is 10.3. The normalized spacial score (nSPS) is 10.2. The molecule has 6 nitrogen and oxygen atoms in total. The largest absolute Gasteiger partial charge is 0.505 e. The fourth-order valence-electron chi connectivity index (χ4n) is 1.38. The van der Waals surface area contributed by atoms with Crippen molar-refractivity contribution < 1.29 is 9.90 Å². The third kappa shape index (κ3) is 2.41. The number of rotatable bonds is 3. The number of carbonyl (C=O) groups is 1. The van der Waals surface area contributed by atoms with E-state index in [0.29, 0.717) is 6.54 Å². The fraction of sp³-hybridized carbons (Fsp3) is 0.182. The lowest BCUT2D eigenvalue weighted by molar-refractivity contribution is 0.0941. The number of nitrogens with zero attached hydrogens (tertiary/aromatic N) is 3. The second-order valence-electron chi connectivity index (χ2n) is 3.51. The molecule has 17 heavy (non-hydrogen) atoms. The number of aromatic hydroxyl groups is 1. The van der Waals surface area contributed by atoms with Crippen LogP contribution >= 0.6 is 0 Å². The Bertz CT molecular complexity index is 536. The Morgan fingerprint density at radius 3 is 2.94 bits per heavy atom. The summed E-state index contributed by atoms with van der Waals surface area (Å²) < 4.78 is 1.80. The summed E-state index contributed by atoms with van der Waals surface area (Å²) in [6.45, 7) is 0.290. The first kappa shape index (κ1) is 11.1. The summed E-state index contributed by atoms with van der Waals surface area (Å²) in [5, 5.41) is 12.1. The summed E-state index contributed by atoms with van der Waals surface area (Å²) in [6.07, 6.45) is 4.90. The Balaban J connectivity index is 2.04. The van der Waals surface area contributed by atoms with Crippen LogP contribution in [-0.4, -0.2) is 25.5 Å². The first-order valence-corrected chi connectivity index (χ1v) is 5.07. The number of hydrogen-bond acceptors (Lipinski definition) is 4. The van der Waals surface area contributed by atoms with E-state index in [-0.39, 0.29) is 11.4 Å². The number of pyridine rings is 1. The van der Waals surface area contributed by atoms with Crippen molar-refractivity contribution in [1.29, 1.82) is 0 Å². The molecule has 0 saturated carbocycles. The minimum absolute atomic E-state index is 0.0155. The van der Waals surface area contributed by atoms with E-state index in [0.717, 1.165) is 5.82 Å². The van der Waals surface area contributed by atoms with Gasteiger partial charge in [-0.1, -0.05) is 0 Å². The Kier molecular flexibility index (Phi) is 3.04. The molecule has 0 saturated heterocycles. The maximum absolute atomic E-state index is 11.7. The smallest absolute Gasteiger partial charge is 0.274 e. The zero-order chi connectivity index (χ0) is 12.3. The Hall–Kier alpha value is -2.37. The second kappa shape index (κ2) is 4.65. The molecule has 0 unspecified atom stereocenters. The quantitative estimate of drug-likeness (QED) is 0.805. The van der Waals surface area contributed by atoms with Crippen molar-refractivity contribution in [3.8, 4) is 5.75 Å². The topological polar surface area (TPSA) is 80.0 Å². The number of nitrogens with one attached hydrogen (secondary N) is 1. The lowest BCUT2D eigenvalue weighted by Gasteiger charge is -2.05. The van der Waals surface area contributed by atoms with Crippen molar-refractivity contribution in [2.24, 2.45) is 7.05 Å². The van der Waals surface area contributed by atoms with Crippen LogP contribution in [0.1, 0.15) is 16.3 Å². The molecule has 2 heterocycles. The molecule has 2 aromatic heterocycles. The summed E-state index contributed by atoms with van der Waals surface area (Å²) in [5.41, 5.74) is 0.0155. The molecule has 0 spiro atoms. The van der Waals surface area contributed by atoms with Gasteiger partial charge in [-0.25, -0.2) is 9.97 Å². The maximum Gasteiger partial charge on any atom is 0.274 e. The number of aromatic nitrogens is 3. The van der Waals surface area contributed by atoms with E-state index in [1.165, 1.54) is 12.3 Å². The Morgan fingerprint density at radius 1 is 1.47 bits per heavy atom. The van der Waals surface area contributed by atoms with Crippen molar-refractivity contribution in [3.63, 3.8) is 0 Å². The number of carbonyl (C=O) groups excluding carboxylic acids is 1. The maximum atomic E-state index is 11.7. The molecule has 0 aliphatic carbocycles. The van der Waals surface area contributed by atoms with E-state index >= 15 is 0 Å². The molecular weight excluding hydrogens is 220 g/mol. The van der Waals surface area contributed by atoms with E-state index in [4.69, 9.17) is 0 Å². The summed E-state index contributed by atoms with van der Waals surface area (Å²) in [4.78, 5) is 19.6. The van der Waals surface area contributed by atoms with Gasteiger partial charge in [0, 0.05) is 25.6 Å². The highest BCUT2D eigenvalue weighted by Gasteiger charge is 2.12. The van der Waals surface area contributed by atoms with Gasteiger partial charge in [0.2, 0.25) is 0 Å². The third-order valence-corrected chi connectivity index (χ3v) is 2.33. The van der Waals surface area contributed by atoms with Crippen molar-refractivity contribution in [2.45, 2.75) is 6.54 Å². The molecular formula is C11H12N4O2. The van der Waals surface area contributed by atoms with Gasteiger partial charge in [0.15, 0.2) is 5.69 Å². The van der Waals surface area contributed by atoms with Crippen molar-refractivity contribution >= 4 is 5.91 Å². The van der Waals surface area contributed by atoms with Crippen molar-refractivity contribution in [2.75, 3.05) is 0 Å². The molecule has 6 heteroatoms. The van der Waals surface area contributed by atoms with Gasteiger partial charge in [0.1, 0.15) is 11.6 Å². The third-order valence-electron chi connectivity index (χ3n) is 2.33. The van der Waals surface area contributed by atoms with Gasteiger partial charge in [0.05, 0.1) is 6.54 Å². The van der Waals surface area contributed by atoms with Crippen LogP contribution in [0, 0.1) is 0 Å². The molecule has 2 rings (SSSR count). The Labute approximate surface area is 97.9 Å². The van der Waals surface area contributed by atoms with Crippen molar-refractivity contribution in [1.82, 2.24) is 19.9 Å². The molecule has 0 radical (unpaired) electrons. The minimum atomic E-state index is -0.425. The van der Waals surface area contributed by atoms with E-state index in [2.05, 4.69) is 15.3 Å². The molecule has 88 valence electrons. The lowest BCUT2D eigenvalue weighted by Crippen LogP contribution is -2.25. The molecule has 0 bridgehead atoms. The number of imidazole rings is 1. The van der Waals surface area contributed by atoms with Crippen LogP contribution in [0.4, 0.5) is 0 Å². The van der Waals surface area contributed by atoms with E-state index in [1.807, 2.05) is 7.05 Å². The summed E-state index contributed by atoms with van der Waals surface area (Å²) in [6, 6.07) is 2.98. The minimum Gasteiger partial charge on any atom is -0.505 e. The highest BCUT2D eigenvalue weighted by Crippen LogP contribution is 2.12. The van der Waals surface area contributed by atoms with Crippen molar-refractivity contribution in [3.05, 3.63) is 42.2 Å². The van der Waals surface area contributed by atoms with Crippen LogP contribution in [-0.2, 0) is 13.6 Å². The molecule has 1 amide bonds. The number of amides is 1. The van der Waals surface area contributed by atoms with E-state index in [1.54, 1.807) is 23.0 Å². The summed E-state index contributed by atoms with van der Waals surface area (Å²) in [5.74, 6) is 0.171. The summed E-state index contributed by atoms with van der Waals surface area (Å²) >= 11 is 0. The van der Waals surface area contributed by atoms with Crippen LogP contribution in [0.15, 0.2) is 30.7 Å². The van der Waals surface area contributed by atoms with Crippen LogP contribution in [0.5, 0.6) is 5.75 Å². The molecule has 0 aliphatic heterocycles. The molecule has 0 fully saturated rings. The average molecular weight is 232 g/mol. The van der Waals surface area contributed by atoms with Gasteiger partial charge >= 0.3 is 0 Å². The molecule has 0 aliphatic rings. The fourth-order valence-corrected chi connectivity index (χ4v) is 1.38. The molecule has 0 aromatic carbocycles. The second-order valence-corrected chi connectivity index (χ2v) is 3.51. The first-order chi connectivity index (χ1) is 8.18. The average Bonchev–Trinajstić information content (AvgIpc) is 2.72. The highest BCUT2D eigenvalue weighted by atomic mass is 16.3. The SMILES string of the molecule is Cn1ccnc1CNC(=O)c1ncccc1O. The number of aryl methyl sites for hydroxylation is 1. The van der Waals surface area contributed by atoms with Gasteiger partial charge in [-0.2, -0.15) is 0 Å². The van der Waals surface area contributed by atoms with Gasteiger partial charge < -0.3 is 15.0 Å². The zero-order valence-electron chi connectivity index (χ0n) is 9.29. The predicted molar refractivity (Wildman–Crippen MR) is 60.3 cm³/mol. The summed E-state index contributed by atoms with van der Waals surface area (Å²) in [7, 11) is 1.84.